The molecule has 6 heteroatoms. The number of fused-ring (bicyclic) bond motifs is 1. The van der Waals surface area contributed by atoms with E-state index in [2.05, 4.69) is 5.32 Å². The molecule has 1 amide bonds. The first-order valence-electron chi connectivity index (χ1n) is 6.38. The van der Waals surface area contributed by atoms with Crippen LogP contribution >= 0.6 is 11.8 Å². The predicted molar refractivity (Wildman–Crippen MR) is 77.1 cm³/mol. The first-order valence-corrected chi connectivity index (χ1v) is 7.78. The molecule has 2 N–H and O–H groups in total. The van der Waals surface area contributed by atoms with Crippen LogP contribution in [0.5, 0.6) is 5.75 Å². The van der Waals surface area contributed by atoms with Gasteiger partial charge < -0.3 is 15.2 Å². The van der Waals surface area contributed by atoms with Crippen molar-refractivity contribution in [1.29, 1.82) is 0 Å². The molecule has 1 aliphatic heterocycles. The van der Waals surface area contributed by atoms with E-state index in [9.17, 15) is 9.59 Å². The summed E-state index contributed by atoms with van der Waals surface area (Å²) >= 11 is 1.55. The maximum atomic E-state index is 12.1. The molecular weight excluding hydrogens is 278 g/mol. The Kier molecular flexibility index (Phi) is 4.89. The van der Waals surface area contributed by atoms with Gasteiger partial charge in [-0.25, -0.2) is 4.79 Å². The molecule has 108 valence electrons. The molecule has 0 saturated carbocycles. The van der Waals surface area contributed by atoms with Crippen LogP contribution in [0.3, 0.4) is 0 Å². The van der Waals surface area contributed by atoms with E-state index in [-0.39, 0.29) is 5.91 Å². The van der Waals surface area contributed by atoms with Gasteiger partial charge in [-0.2, -0.15) is 11.8 Å². The van der Waals surface area contributed by atoms with Crippen LogP contribution in [0.1, 0.15) is 12.0 Å². The van der Waals surface area contributed by atoms with Gasteiger partial charge in [-0.15, -0.1) is 0 Å². The lowest BCUT2D eigenvalue weighted by Crippen LogP contribution is -2.47. The van der Waals surface area contributed by atoms with Gasteiger partial charge in [0, 0.05) is 6.42 Å². The highest BCUT2D eigenvalue weighted by Crippen LogP contribution is 2.28. The molecule has 0 spiro atoms. The number of hydrogen-bond acceptors (Lipinski definition) is 4. The Morgan fingerprint density at radius 1 is 1.50 bits per heavy atom. The SMILES string of the molecule is CSCC[C@H](NC(=O)C1Cc2ccccc2O1)C(=O)O. The summed E-state index contributed by atoms with van der Waals surface area (Å²) < 4.78 is 5.54. The summed E-state index contributed by atoms with van der Waals surface area (Å²) in [6, 6.07) is 6.59. The number of carbonyl (C=O) groups excluding carboxylic acids is 1. The van der Waals surface area contributed by atoms with Crippen LogP contribution in [-0.2, 0) is 16.0 Å². The van der Waals surface area contributed by atoms with E-state index < -0.39 is 18.1 Å². The summed E-state index contributed by atoms with van der Waals surface area (Å²) in [5.41, 5.74) is 0.976. The summed E-state index contributed by atoms with van der Waals surface area (Å²) in [5.74, 6) is 0.00413. The fraction of sp³-hybridized carbons (Fsp3) is 0.429. The minimum Gasteiger partial charge on any atom is -0.480 e. The number of amides is 1. The van der Waals surface area contributed by atoms with Crippen LogP contribution in [0.4, 0.5) is 0 Å². The third kappa shape index (κ3) is 3.45. The molecule has 5 nitrogen and oxygen atoms in total. The highest BCUT2D eigenvalue weighted by molar-refractivity contribution is 7.98. The Morgan fingerprint density at radius 3 is 2.90 bits per heavy atom. The standard InChI is InChI=1S/C14H17NO4S/c1-20-7-6-10(14(17)18)15-13(16)12-8-9-4-2-3-5-11(9)19-12/h2-5,10,12H,6-8H2,1H3,(H,15,16)(H,17,18)/t10-,12?/m0/s1. The number of benzene rings is 1. The lowest BCUT2D eigenvalue weighted by atomic mass is 10.1. The molecule has 1 unspecified atom stereocenters. The van der Waals surface area contributed by atoms with Gasteiger partial charge in [0.25, 0.3) is 5.91 Å². The maximum absolute atomic E-state index is 12.1. The van der Waals surface area contributed by atoms with Gasteiger partial charge in [0.1, 0.15) is 11.8 Å². The Hall–Kier alpha value is -1.69. The van der Waals surface area contributed by atoms with Crippen molar-refractivity contribution >= 4 is 23.6 Å². The monoisotopic (exact) mass is 295 g/mol. The van der Waals surface area contributed by atoms with E-state index in [1.54, 1.807) is 11.8 Å². The molecule has 0 radical (unpaired) electrons. The number of carboxylic acids is 1. The molecule has 0 saturated heterocycles. The molecule has 0 bridgehead atoms. The number of thioether (sulfide) groups is 1. The van der Waals surface area contributed by atoms with Crippen LogP contribution in [-0.4, -0.2) is 41.1 Å². The topological polar surface area (TPSA) is 75.6 Å². The molecular formula is C14H17NO4S. The van der Waals surface area contributed by atoms with Crippen molar-refractivity contribution in [2.75, 3.05) is 12.0 Å². The molecule has 1 aromatic carbocycles. The quantitative estimate of drug-likeness (QED) is 0.827. The van der Waals surface area contributed by atoms with E-state index in [4.69, 9.17) is 9.84 Å². The molecule has 2 rings (SSSR count). The highest BCUT2D eigenvalue weighted by atomic mass is 32.2. The Balaban J connectivity index is 1.94. The van der Waals surface area contributed by atoms with Crippen LogP contribution in [0.15, 0.2) is 24.3 Å². The van der Waals surface area contributed by atoms with Crippen LogP contribution < -0.4 is 10.1 Å². The largest absolute Gasteiger partial charge is 0.480 e. The Labute approximate surface area is 121 Å². The number of carbonyl (C=O) groups is 2. The average molecular weight is 295 g/mol. The minimum atomic E-state index is -1.01. The molecule has 0 aliphatic carbocycles. The molecule has 20 heavy (non-hydrogen) atoms. The first kappa shape index (κ1) is 14.7. The van der Waals surface area contributed by atoms with Gasteiger partial charge in [0.05, 0.1) is 0 Å². The van der Waals surface area contributed by atoms with Crippen molar-refractivity contribution in [3.63, 3.8) is 0 Å². The molecule has 1 aromatic rings. The van der Waals surface area contributed by atoms with Crippen molar-refractivity contribution in [1.82, 2.24) is 5.32 Å². The van der Waals surface area contributed by atoms with E-state index in [0.29, 0.717) is 24.3 Å². The van der Waals surface area contributed by atoms with Crippen LogP contribution in [0.25, 0.3) is 0 Å². The van der Waals surface area contributed by atoms with E-state index in [1.807, 2.05) is 30.5 Å². The van der Waals surface area contributed by atoms with Gasteiger partial charge in [0.15, 0.2) is 6.10 Å². The normalized spacial score (nSPS) is 17.9. The first-order chi connectivity index (χ1) is 9.61. The average Bonchev–Trinajstić information content (AvgIpc) is 2.86. The van der Waals surface area contributed by atoms with Gasteiger partial charge in [-0.3, -0.25) is 4.79 Å². The van der Waals surface area contributed by atoms with Crippen LogP contribution in [0, 0.1) is 0 Å². The molecule has 1 aliphatic rings. The summed E-state index contributed by atoms with van der Waals surface area (Å²) in [7, 11) is 0. The smallest absolute Gasteiger partial charge is 0.326 e. The summed E-state index contributed by atoms with van der Waals surface area (Å²) in [6.45, 7) is 0. The molecule has 0 fully saturated rings. The highest BCUT2D eigenvalue weighted by Gasteiger charge is 2.31. The number of nitrogens with one attached hydrogen (secondary N) is 1. The lowest BCUT2D eigenvalue weighted by molar-refractivity contribution is -0.142. The van der Waals surface area contributed by atoms with E-state index >= 15 is 0 Å². The molecule has 1 heterocycles. The third-order valence-electron chi connectivity index (χ3n) is 3.16. The second-order valence-corrected chi connectivity index (χ2v) is 5.58. The lowest BCUT2D eigenvalue weighted by Gasteiger charge is -2.17. The Morgan fingerprint density at radius 2 is 2.25 bits per heavy atom. The number of hydrogen-bond donors (Lipinski definition) is 2. The number of rotatable bonds is 6. The van der Waals surface area contributed by atoms with Crippen molar-refractivity contribution in [3.8, 4) is 5.75 Å². The fourth-order valence-electron chi connectivity index (χ4n) is 2.09. The fourth-order valence-corrected chi connectivity index (χ4v) is 2.56. The molecule has 0 aromatic heterocycles. The Bertz CT molecular complexity index is 481. The number of ether oxygens (including phenoxy) is 1. The second-order valence-electron chi connectivity index (χ2n) is 4.60. The van der Waals surface area contributed by atoms with Gasteiger partial charge >= 0.3 is 5.97 Å². The van der Waals surface area contributed by atoms with Gasteiger partial charge in [0.2, 0.25) is 0 Å². The zero-order chi connectivity index (χ0) is 14.5. The molecule has 2 atom stereocenters. The third-order valence-corrected chi connectivity index (χ3v) is 3.81. The number of carboxylic acid groups (broad SMARTS) is 1. The summed E-state index contributed by atoms with van der Waals surface area (Å²) in [4.78, 5) is 23.2. The van der Waals surface area contributed by atoms with Crippen molar-refractivity contribution in [2.45, 2.75) is 25.0 Å². The van der Waals surface area contributed by atoms with Gasteiger partial charge in [-0.05, 0) is 30.1 Å². The van der Waals surface area contributed by atoms with Gasteiger partial charge in [-0.1, -0.05) is 18.2 Å². The summed E-state index contributed by atoms with van der Waals surface area (Å²) in [5, 5.41) is 11.7. The van der Waals surface area contributed by atoms with Crippen LogP contribution in [0.2, 0.25) is 0 Å². The van der Waals surface area contributed by atoms with Crippen molar-refractivity contribution in [2.24, 2.45) is 0 Å². The van der Waals surface area contributed by atoms with Crippen molar-refractivity contribution in [3.05, 3.63) is 29.8 Å². The van der Waals surface area contributed by atoms with Crippen molar-refractivity contribution < 1.29 is 19.4 Å². The zero-order valence-electron chi connectivity index (χ0n) is 11.2. The maximum Gasteiger partial charge on any atom is 0.326 e. The summed E-state index contributed by atoms with van der Waals surface area (Å²) in [6.07, 6.45) is 2.15. The zero-order valence-corrected chi connectivity index (χ0v) is 12.0. The van der Waals surface area contributed by atoms with E-state index in [0.717, 1.165) is 5.56 Å². The number of aliphatic carboxylic acids is 1. The second kappa shape index (κ2) is 6.65. The van der Waals surface area contributed by atoms with E-state index in [1.165, 1.54) is 0 Å². The number of para-hydroxylation sites is 1. The minimum absolute atomic E-state index is 0.366. The predicted octanol–water partition coefficient (Wildman–Crippen LogP) is 1.31.